The molecule has 0 aromatic heterocycles. The third kappa shape index (κ3) is 11.1. The van der Waals surface area contributed by atoms with Gasteiger partial charge in [0, 0.05) is 0 Å². The molecule has 0 aliphatic heterocycles. The molecule has 0 saturated heterocycles. The molecule has 0 fully saturated rings. The van der Waals surface area contributed by atoms with Crippen LogP contribution >= 0.6 is 0 Å². The Balaban J connectivity index is 2.33. The first kappa shape index (κ1) is 29.5. The highest BCUT2D eigenvalue weighted by Gasteiger charge is 2.28. The van der Waals surface area contributed by atoms with Crippen LogP contribution in [0.15, 0.2) is 30.3 Å². The minimum absolute atomic E-state index is 0.0323. The van der Waals surface area contributed by atoms with E-state index in [1.807, 2.05) is 58.0 Å². The van der Waals surface area contributed by atoms with E-state index in [1.165, 1.54) is 0 Å². The summed E-state index contributed by atoms with van der Waals surface area (Å²) in [6.45, 7) is 8.31. The predicted octanol–water partition coefficient (Wildman–Crippen LogP) is 1.78. The number of amides is 1. The fourth-order valence-electron chi connectivity index (χ4n) is 3.16. The lowest BCUT2D eigenvalue weighted by molar-refractivity contribution is -0.150. The maximum absolute atomic E-state index is 12.5. The molecule has 4 N–H and O–H groups in total. The van der Waals surface area contributed by atoms with Gasteiger partial charge in [0.05, 0.1) is 26.4 Å². The van der Waals surface area contributed by atoms with Crippen LogP contribution in [0.25, 0.3) is 0 Å². The molecule has 1 amide bonds. The zero-order valence-electron chi connectivity index (χ0n) is 21.0. The zero-order chi connectivity index (χ0) is 25.5. The van der Waals surface area contributed by atoms with E-state index in [1.54, 1.807) is 7.05 Å². The van der Waals surface area contributed by atoms with Crippen LogP contribution in [0.1, 0.15) is 46.1 Å². The van der Waals surface area contributed by atoms with Gasteiger partial charge in [-0.1, -0.05) is 58.0 Å². The SMILES string of the molecule is CNC(C(=O)OCCCCOC(=O)C(NC(=O)C(N)COCc1ccccc1)C(C)C)C(C)C. The number of ether oxygens (including phenoxy) is 3. The van der Waals surface area contributed by atoms with Crippen molar-refractivity contribution in [2.75, 3.05) is 26.9 Å². The Labute approximate surface area is 203 Å². The van der Waals surface area contributed by atoms with Gasteiger partial charge in [-0.05, 0) is 37.3 Å². The Morgan fingerprint density at radius 2 is 1.41 bits per heavy atom. The topological polar surface area (TPSA) is 129 Å². The van der Waals surface area contributed by atoms with Crippen LogP contribution in [0, 0.1) is 11.8 Å². The molecule has 0 heterocycles. The molecule has 1 rings (SSSR count). The maximum Gasteiger partial charge on any atom is 0.328 e. The highest BCUT2D eigenvalue weighted by molar-refractivity contribution is 5.87. The molecule has 9 nitrogen and oxygen atoms in total. The molecule has 0 aliphatic rings. The van der Waals surface area contributed by atoms with E-state index < -0.39 is 24.0 Å². The number of hydrogen-bond acceptors (Lipinski definition) is 8. The molecule has 1 aromatic rings. The van der Waals surface area contributed by atoms with Crippen molar-refractivity contribution in [2.45, 2.75) is 65.3 Å². The van der Waals surface area contributed by atoms with Gasteiger partial charge in [0.1, 0.15) is 18.1 Å². The van der Waals surface area contributed by atoms with Gasteiger partial charge in [0.25, 0.3) is 0 Å². The summed E-state index contributed by atoms with van der Waals surface area (Å²) in [6.07, 6.45) is 1.10. The van der Waals surface area contributed by atoms with Crippen molar-refractivity contribution in [1.82, 2.24) is 10.6 Å². The quantitative estimate of drug-likeness (QED) is 0.242. The molecule has 3 atom stereocenters. The van der Waals surface area contributed by atoms with Crippen molar-refractivity contribution in [2.24, 2.45) is 17.6 Å². The highest BCUT2D eigenvalue weighted by atomic mass is 16.5. The lowest BCUT2D eigenvalue weighted by Gasteiger charge is -2.23. The summed E-state index contributed by atoms with van der Waals surface area (Å²) in [5, 5.41) is 5.60. The molecule has 0 radical (unpaired) electrons. The summed E-state index contributed by atoms with van der Waals surface area (Å²) in [4.78, 5) is 36.9. The van der Waals surface area contributed by atoms with Crippen LogP contribution in [0.5, 0.6) is 0 Å². The molecule has 9 heteroatoms. The van der Waals surface area contributed by atoms with E-state index in [0.29, 0.717) is 19.4 Å². The van der Waals surface area contributed by atoms with E-state index in [2.05, 4.69) is 10.6 Å². The first-order valence-electron chi connectivity index (χ1n) is 11.9. The van der Waals surface area contributed by atoms with Crippen molar-refractivity contribution < 1.29 is 28.6 Å². The Morgan fingerprint density at radius 1 is 0.882 bits per heavy atom. The Kier molecular flexibility index (Phi) is 14.1. The number of unbranched alkanes of at least 4 members (excludes halogenated alkanes) is 1. The number of esters is 2. The summed E-state index contributed by atoms with van der Waals surface area (Å²) in [6, 6.07) is 7.51. The van der Waals surface area contributed by atoms with Gasteiger partial charge < -0.3 is 30.6 Å². The predicted molar refractivity (Wildman–Crippen MR) is 130 cm³/mol. The number of carbonyl (C=O) groups excluding carboxylic acids is 3. The van der Waals surface area contributed by atoms with E-state index in [9.17, 15) is 14.4 Å². The van der Waals surface area contributed by atoms with Crippen molar-refractivity contribution in [1.29, 1.82) is 0 Å². The summed E-state index contributed by atoms with van der Waals surface area (Å²) in [5.41, 5.74) is 6.91. The minimum Gasteiger partial charge on any atom is -0.465 e. The van der Waals surface area contributed by atoms with Crippen molar-refractivity contribution in [3.63, 3.8) is 0 Å². The van der Waals surface area contributed by atoms with Crippen LogP contribution in [0.3, 0.4) is 0 Å². The molecular formula is C25H41N3O6. The highest BCUT2D eigenvalue weighted by Crippen LogP contribution is 2.07. The average molecular weight is 480 g/mol. The second-order valence-corrected chi connectivity index (χ2v) is 8.89. The van der Waals surface area contributed by atoms with Gasteiger partial charge in [0.15, 0.2) is 0 Å². The molecule has 0 spiro atoms. The van der Waals surface area contributed by atoms with E-state index in [0.717, 1.165) is 5.56 Å². The molecule has 3 unspecified atom stereocenters. The second-order valence-electron chi connectivity index (χ2n) is 8.89. The number of rotatable bonds is 16. The fraction of sp³-hybridized carbons (Fsp3) is 0.640. The van der Waals surface area contributed by atoms with Crippen molar-refractivity contribution in [3.05, 3.63) is 35.9 Å². The largest absolute Gasteiger partial charge is 0.465 e. The summed E-state index contributed by atoms with van der Waals surface area (Å²) in [7, 11) is 1.72. The normalized spacial score (nSPS) is 13.9. The van der Waals surface area contributed by atoms with E-state index in [4.69, 9.17) is 19.9 Å². The van der Waals surface area contributed by atoms with Gasteiger partial charge in [-0.2, -0.15) is 0 Å². The molecular weight excluding hydrogens is 438 g/mol. The molecule has 0 bridgehead atoms. The number of hydrogen-bond donors (Lipinski definition) is 3. The number of nitrogens with one attached hydrogen (secondary N) is 2. The first-order valence-corrected chi connectivity index (χ1v) is 11.9. The van der Waals surface area contributed by atoms with Gasteiger partial charge in [0.2, 0.25) is 5.91 Å². The third-order valence-electron chi connectivity index (χ3n) is 5.22. The monoisotopic (exact) mass is 479 g/mol. The second kappa shape index (κ2) is 16.2. The van der Waals surface area contributed by atoms with Crippen LogP contribution < -0.4 is 16.4 Å². The fourth-order valence-corrected chi connectivity index (χ4v) is 3.16. The van der Waals surface area contributed by atoms with Gasteiger partial charge in [-0.15, -0.1) is 0 Å². The Morgan fingerprint density at radius 3 is 1.91 bits per heavy atom. The van der Waals surface area contributed by atoms with Crippen LogP contribution in [0.2, 0.25) is 0 Å². The molecule has 192 valence electrons. The van der Waals surface area contributed by atoms with Gasteiger partial charge in [-0.3, -0.25) is 9.59 Å². The zero-order valence-corrected chi connectivity index (χ0v) is 21.0. The smallest absolute Gasteiger partial charge is 0.328 e. The lowest BCUT2D eigenvalue weighted by Crippen LogP contribution is -2.52. The minimum atomic E-state index is -0.903. The first-order chi connectivity index (χ1) is 16.2. The lowest BCUT2D eigenvalue weighted by atomic mass is 10.0. The number of benzene rings is 1. The third-order valence-corrected chi connectivity index (χ3v) is 5.22. The van der Waals surface area contributed by atoms with Crippen LogP contribution in [-0.2, 0) is 35.2 Å². The Bertz CT molecular complexity index is 741. The van der Waals surface area contributed by atoms with Crippen molar-refractivity contribution >= 4 is 17.8 Å². The summed E-state index contributed by atoms with van der Waals surface area (Å²) in [5.74, 6) is -1.33. The molecule has 1 aromatic carbocycles. The van der Waals surface area contributed by atoms with Crippen LogP contribution in [0.4, 0.5) is 0 Å². The molecule has 34 heavy (non-hydrogen) atoms. The summed E-state index contributed by atoms with van der Waals surface area (Å²) >= 11 is 0. The number of carbonyl (C=O) groups is 3. The van der Waals surface area contributed by atoms with Gasteiger partial charge >= 0.3 is 11.9 Å². The average Bonchev–Trinajstić information content (AvgIpc) is 2.79. The van der Waals surface area contributed by atoms with E-state index in [-0.39, 0.29) is 43.7 Å². The summed E-state index contributed by atoms with van der Waals surface area (Å²) < 4.78 is 16.1. The van der Waals surface area contributed by atoms with E-state index >= 15 is 0 Å². The number of nitrogens with two attached hydrogens (primary N) is 1. The van der Waals surface area contributed by atoms with Crippen molar-refractivity contribution in [3.8, 4) is 0 Å². The van der Waals surface area contributed by atoms with Gasteiger partial charge in [-0.25, -0.2) is 4.79 Å². The van der Waals surface area contributed by atoms with Crippen LogP contribution in [-0.4, -0.2) is 62.8 Å². The molecule has 0 saturated carbocycles. The standard InChI is InChI=1S/C25H41N3O6/c1-17(2)21(27-5)24(30)33-13-9-10-14-34-25(31)22(18(3)4)28-23(29)20(26)16-32-15-19-11-7-6-8-12-19/h6-8,11-12,17-18,20-22,27H,9-10,13-16,26H2,1-5H3,(H,28,29). The maximum atomic E-state index is 12.5. The molecule has 0 aliphatic carbocycles. The Hall–Kier alpha value is -2.49. The number of likely N-dealkylation sites (N-methyl/N-ethyl adjacent to an activating group) is 1.